The average molecular weight is 545 g/mol. The number of aliphatic hydroxyl groups excluding tert-OH is 1. The second-order valence-corrected chi connectivity index (χ2v) is 10.1. The van der Waals surface area contributed by atoms with Gasteiger partial charge < -0.3 is 24.1 Å². The molecule has 0 spiro atoms. The zero-order valence-electron chi connectivity index (χ0n) is 22.7. The lowest BCUT2D eigenvalue weighted by atomic mass is 9.94. The van der Waals surface area contributed by atoms with Crippen LogP contribution in [0.2, 0.25) is 0 Å². The standard InChI is InChI=1S/C36H32O5/c37-31-20-29-18-10-11-19-32(29)41-35(31)30-21-33(38-23-26-12-4-1-5-13-26)36(40-25-28-16-8-3-9-17-28)34(22-30)39-24-27-14-6-2-7-15-27/h1-19,21-22,31,35,37H,20,23-25H2. The van der Waals surface area contributed by atoms with E-state index in [0.29, 0.717) is 43.5 Å². The second-order valence-electron chi connectivity index (χ2n) is 10.1. The Hall–Kier alpha value is -4.74. The van der Waals surface area contributed by atoms with Gasteiger partial charge in [-0.3, -0.25) is 0 Å². The SMILES string of the molecule is OC1Cc2ccccc2OC1c1cc(OCc2ccccc2)c(OCc2ccccc2)c(OCc2ccccc2)c1. The number of benzene rings is 5. The molecule has 2 atom stereocenters. The molecule has 5 aromatic rings. The molecule has 41 heavy (non-hydrogen) atoms. The third-order valence-electron chi connectivity index (χ3n) is 7.08. The summed E-state index contributed by atoms with van der Waals surface area (Å²) in [4.78, 5) is 0. The molecule has 206 valence electrons. The maximum Gasteiger partial charge on any atom is 0.203 e. The van der Waals surface area contributed by atoms with Crippen LogP contribution in [-0.2, 0) is 26.2 Å². The van der Waals surface area contributed by atoms with Crippen LogP contribution in [0.4, 0.5) is 0 Å². The van der Waals surface area contributed by atoms with Crippen LogP contribution in [0, 0.1) is 0 Å². The Labute approximate surface area is 240 Å². The van der Waals surface area contributed by atoms with Gasteiger partial charge in [0, 0.05) is 12.0 Å². The van der Waals surface area contributed by atoms with Gasteiger partial charge in [0.2, 0.25) is 5.75 Å². The van der Waals surface area contributed by atoms with Crippen LogP contribution in [0.3, 0.4) is 0 Å². The molecule has 0 bridgehead atoms. The van der Waals surface area contributed by atoms with Gasteiger partial charge in [-0.15, -0.1) is 0 Å². The summed E-state index contributed by atoms with van der Waals surface area (Å²) in [6.45, 7) is 1.04. The van der Waals surface area contributed by atoms with Crippen molar-refractivity contribution < 1.29 is 24.1 Å². The average Bonchev–Trinajstić information content (AvgIpc) is 3.03. The monoisotopic (exact) mass is 544 g/mol. The summed E-state index contributed by atoms with van der Waals surface area (Å²) in [5, 5.41) is 11.2. The van der Waals surface area contributed by atoms with Gasteiger partial charge in [-0.1, -0.05) is 109 Å². The Kier molecular flexibility index (Phi) is 8.15. The van der Waals surface area contributed by atoms with Crippen molar-refractivity contribution in [2.75, 3.05) is 0 Å². The number of fused-ring (bicyclic) bond motifs is 1. The Morgan fingerprint density at radius 1 is 0.585 bits per heavy atom. The van der Waals surface area contributed by atoms with Gasteiger partial charge in [0.15, 0.2) is 17.6 Å². The molecule has 1 heterocycles. The van der Waals surface area contributed by atoms with E-state index in [9.17, 15) is 5.11 Å². The highest BCUT2D eigenvalue weighted by molar-refractivity contribution is 5.55. The predicted octanol–water partition coefficient (Wildman–Crippen LogP) is 7.46. The topological polar surface area (TPSA) is 57.2 Å². The minimum Gasteiger partial charge on any atom is -0.485 e. The Morgan fingerprint density at radius 3 is 1.59 bits per heavy atom. The van der Waals surface area contributed by atoms with Crippen molar-refractivity contribution in [2.24, 2.45) is 0 Å². The van der Waals surface area contributed by atoms with Gasteiger partial charge in [0.05, 0.1) is 6.10 Å². The summed E-state index contributed by atoms with van der Waals surface area (Å²) in [7, 11) is 0. The van der Waals surface area contributed by atoms with E-state index in [0.717, 1.165) is 33.6 Å². The Balaban J connectivity index is 1.38. The van der Waals surface area contributed by atoms with Crippen LogP contribution in [0.5, 0.6) is 23.0 Å². The maximum absolute atomic E-state index is 11.2. The van der Waals surface area contributed by atoms with Gasteiger partial charge in [-0.05, 0) is 40.5 Å². The fourth-order valence-electron chi connectivity index (χ4n) is 4.94. The number of rotatable bonds is 10. The van der Waals surface area contributed by atoms with Crippen molar-refractivity contribution in [3.63, 3.8) is 0 Å². The van der Waals surface area contributed by atoms with Crippen LogP contribution < -0.4 is 18.9 Å². The summed E-state index contributed by atoms with van der Waals surface area (Å²) < 4.78 is 25.5. The molecule has 6 rings (SSSR count). The minimum atomic E-state index is -0.732. The highest BCUT2D eigenvalue weighted by Gasteiger charge is 2.32. The molecule has 1 N–H and O–H groups in total. The number of para-hydroxylation sites is 1. The van der Waals surface area contributed by atoms with E-state index in [-0.39, 0.29) is 0 Å². The van der Waals surface area contributed by atoms with E-state index in [2.05, 4.69) is 0 Å². The third kappa shape index (κ3) is 6.53. The number of ether oxygens (including phenoxy) is 4. The van der Waals surface area contributed by atoms with Crippen molar-refractivity contribution >= 4 is 0 Å². The summed E-state index contributed by atoms with van der Waals surface area (Å²) in [6, 6.07) is 41.6. The zero-order chi connectivity index (χ0) is 27.9. The van der Waals surface area contributed by atoms with E-state index in [1.807, 2.05) is 127 Å². The quantitative estimate of drug-likeness (QED) is 0.198. The van der Waals surface area contributed by atoms with Crippen LogP contribution in [0.1, 0.15) is 33.9 Å². The van der Waals surface area contributed by atoms with Gasteiger partial charge in [-0.25, -0.2) is 0 Å². The van der Waals surface area contributed by atoms with Crippen LogP contribution >= 0.6 is 0 Å². The zero-order valence-corrected chi connectivity index (χ0v) is 22.7. The van der Waals surface area contributed by atoms with Crippen LogP contribution in [0.25, 0.3) is 0 Å². The van der Waals surface area contributed by atoms with Crippen LogP contribution in [0.15, 0.2) is 127 Å². The van der Waals surface area contributed by atoms with E-state index in [1.54, 1.807) is 0 Å². The van der Waals surface area contributed by atoms with Crippen LogP contribution in [-0.4, -0.2) is 11.2 Å². The molecule has 0 amide bonds. The van der Waals surface area contributed by atoms with E-state index >= 15 is 0 Å². The first kappa shape index (κ1) is 26.5. The van der Waals surface area contributed by atoms with Gasteiger partial charge in [0.1, 0.15) is 25.6 Å². The lowest BCUT2D eigenvalue weighted by Gasteiger charge is -2.31. The number of aliphatic hydroxyl groups is 1. The highest BCUT2D eigenvalue weighted by Crippen LogP contribution is 2.44. The first-order chi connectivity index (χ1) is 20.2. The lowest BCUT2D eigenvalue weighted by Crippen LogP contribution is -2.30. The summed E-state index contributed by atoms with van der Waals surface area (Å²) >= 11 is 0. The molecule has 2 unspecified atom stereocenters. The lowest BCUT2D eigenvalue weighted by molar-refractivity contribution is 0.0205. The first-order valence-corrected chi connectivity index (χ1v) is 13.8. The predicted molar refractivity (Wildman–Crippen MR) is 158 cm³/mol. The fourth-order valence-corrected chi connectivity index (χ4v) is 4.94. The molecule has 0 fully saturated rings. The molecule has 0 aliphatic carbocycles. The second kappa shape index (κ2) is 12.6. The van der Waals surface area contributed by atoms with E-state index in [1.165, 1.54) is 0 Å². The van der Waals surface area contributed by atoms with Gasteiger partial charge in [0.25, 0.3) is 0 Å². The maximum atomic E-state index is 11.2. The molecular formula is C36H32O5. The summed E-state index contributed by atoms with van der Waals surface area (Å²) in [5.41, 5.74) is 4.83. The number of hydrogen-bond acceptors (Lipinski definition) is 5. The molecular weight excluding hydrogens is 512 g/mol. The molecule has 5 heteroatoms. The smallest absolute Gasteiger partial charge is 0.203 e. The molecule has 1 aliphatic rings. The third-order valence-corrected chi connectivity index (χ3v) is 7.08. The molecule has 0 radical (unpaired) electrons. The molecule has 0 aromatic heterocycles. The first-order valence-electron chi connectivity index (χ1n) is 13.8. The van der Waals surface area contributed by atoms with E-state index < -0.39 is 12.2 Å². The van der Waals surface area contributed by atoms with Crippen molar-refractivity contribution in [3.8, 4) is 23.0 Å². The fraction of sp³-hybridized carbons (Fsp3) is 0.167. The van der Waals surface area contributed by atoms with Gasteiger partial charge in [-0.2, -0.15) is 0 Å². The molecule has 0 saturated heterocycles. The van der Waals surface area contributed by atoms with Crippen molar-refractivity contribution in [1.29, 1.82) is 0 Å². The van der Waals surface area contributed by atoms with Gasteiger partial charge >= 0.3 is 0 Å². The van der Waals surface area contributed by atoms with E-state index in [4.69, 9.17) is 18.9 Å². The Bertz CT molecular complexity index is 1490. The highest BCUT2D eigenvalue weighted by atomic mass is 16.5. The van der Waals surface area contributed by atoms with Crippen molar-refractivity contribution in [2.45, 2.75) is 38.4 Å². The summed E-state index contributed by atoms with van der Waals surface area (Å²) in [5.74, 6) is 2.33. The molecule has 5 aromatic carbocycles. The molecule has 0 saturated carbocycles. The normalized spacial score (nSPS) is 15.8. The summed E-state index contributed by atoms with van der Waals surface area (Å²) in [6.07, 6.45) is -0.829. The van der Waals surface area contributed by atoms with Crippen molar-refractivity contribution in [3.05, 3.63) is 155 Å². The molecule has 1 aliphatic heterocycles. The largest absolute Gasteiger partial charge is 0.485 e. The minimum absolute atomic E-state index is 0.347. The Morgan fingerprint density at radius 2 is 1.05 bits per heavy atom. The number of hydrogen-bond donors (Lipinski definition) is 1. The van der Waals surface area contributed by atoms with Crippen molar-refractivity contribution in [1.82, 2.24) is 0 Å². The molecule has 5 nitrogen and oxygen atoms in total.